The van der Waals surface area contributed by atoms with Gasteiger partial charge in [0, 0.05) is 13.0 Å². The summed E-state index contributed by atoms with van der Waals surface area (Å²) in [5, 5.41) is 5.46. The Kier molecular flexibility index (Phi) is 5.43. The predicted molar refractivity (Wildman–Crippen MR) is 98.8 cm³/mol. The minimum atomic E-state index is -1.06. The molecule has 0 radical (unpaired) electrons. The average molecular weight is 387 g/mol. The normalized spacial score (nSPS) is 20.9. The molecule has 9 heteroatoms. The number of carbonyl (C=O) groups is 4. The van der Waals surface area contributed by atoms with Gasteiger partial charge in [-0.25, -0.2) is 9.69 Å². The molecule has 1 aromatic rings. The first-order valence-corrected chi connectivity index (χ1v) is 8.92. The van der Waals surface area contributed by atoms with Crippen molar-refractivity contribution in [1.82, 2.24) is 5.01 Å². The molecule has 148 valence electrons. The number of esters is 1. The van der Waals surface area contributed by atoms with Gasteiger partial charge in [-0.3, -0.25) is 19.4 Å². The Labute approximate surface area is 161 Å². The van der Waals surface area contributed by atoms with E-state index in [1.165, 1.54) is 19.0 Å². The number of ketones is 1. The maximum atomic E-state index is 13.0. The molecule has 28 heavy (non-hydrogen) atoms. The van der Waals surface area contributed by atoms with Gasteiger partial charge in [0.25, 0.3) is 5.91 Å². The van der Waals surface area contributed by atoms with E-state index in [1.807, 2.05) is 6.92 Å². The van der Waals surface area contributed by atoms with Crippen molar-refractivity contribution in [3.8, 4) is 5.75 Å². The van der Waals surface area contributed by atoms with Gasteiger partial charge in [-0.1, -0.05) is 0 Å². The summed E-state index contributed by atoms with van der Waals surface area (Å²) >= 11 is 0. The average Bonchev–Trinajstić information content (AvgIpc) is 3.17. The van der Waals surface area contributed by atoms with E-state index in [1.54, 1.807) is 24.3 Å². The Hall–Kier alpha value is -3.23. The topological polar surface area (TPSA) is 106 Å². The van der Waals surface area contributed by atoms with Gasteiger partial charge in [0.2, 0.25) is 5.91 Å². The van der Waals surface area contributed by atoms with Crippen LogP contribution in [0.15, 0.2) is 29.4 Å². The van der Waals surface area contributed by atoms with Gasteiger partial charge >= 0.3 is 5.97 Å². The van der Waals surface area contributed by atoms with Crippen LogP contribution in [0, 0.1) is 5.92 Å². The minimum absolute atomic E-state index is 0.0848. The highest BCUT2D eigenvalue weighted by molar-refractivity contribution is 6.46. The van der Waals surface area contributed by atoms with E-state index < -0.39 is 29.7 Å². The first-order valence-electron chi connectivity index (χ1n) is 8.92. The molecule has 0 spiro atoms. The van der Waals surface area contributed by atoms with Crippen LogP contribution >= 0.6 is 0 Å². The maximum Gasteiger partial charge on any atom is 0.355 e. The molecule has 9 nitrogen and oxygen atoms in total. The first-order chi connectivity index (χ1) is 13.4. The van der Waals surface area contributed by atoms with Crippen LogP contribution in [0.5, 0.6) is 5.75 Å². The largest absolute Gasteiger partial charge is 0.494 e. The van der Waals surface area contributed by atoms with Crippen LogP contribution in [0.1, 0.15) is 20.3 Å². The molecule has 0 saturated carbocycles. The molecule has 2 atom stereocenters. The standard InChI is InChI=1S/C19H21N3O6/c1-4-28-13-7-5-12(6-8-13)22-17(24)14-15(19(26)27-3)20-21(10-9-11(2)23)16(14)18(22)25/h5-8,14,16H,4,9-10H2,1-3H3/t14-,16+/m1/s1. The van der Waals surface area contributed by atoms with E-state index in [0.29, 0.717) is 18.0 Å². The lowest BCUT2D eigenvalue weighted by Gasteiger charge is -2.21. The SMILES string of the molecule is CCOc1ccc(N2C(=O)[C@@H]3C(C(=O)OC)=NN(CCC(C)=O)[C@@H]3C2=O)cc1. The molecule has 2 aliphatic rings. The highest BCUT2D eigenvalue weighted by atomic mass is 16.5. The molecule has 0 N–H and O–H groups in total. The summed E-state index contributed by atoms with van der Waals surface area (Å²) in [4.78, 5) is 50.5. The molecule has 2 heterocycles. The lowest BCUT2D eigenvalue weighted by atomic mass is 9.98. The van der Waals surface area contributed by atoms with E-state index in [4.69, 9.17) is 9.47 Å². The first kappa shape index (κ1) is 19.5. The number of carbonyl (C=O) groups excluding carboxylic acids is 4. The van der Waals surface area contributed by atoms with Crippen molar-refractivity contribution in [3.63, 3.8) is 0 Å². The second-order valence-electron chi connectivity index (χ2n) is 6.45. The molecule has 2 amide bonds. The summed E-state index contributed by atoms with van der Waals surface area (Å²) in [6.07, 6.45) is 0.145. The predicted octanol–water partition coefficient (Wildman–Crippen LogP) is 0.767. The van der Waals surface area contributed by atoms with Crippen LogP contribution in [0.25, 0.3) is 0 Å². The Morgan fingerprint density at radius 2 is 1.82 bits per heavy atom. The number of anilines is 1. The van der Waals surface area contributed by atoms with E-state index in [0.717, 1.165) is 4.90 Å². The summed E-state index contributed by atoms with van der Waals surface area (Å²) < 4.78 is 10.1. The maximum absolute atomic E-state index is 13.0. The fourth-order valence-corrected chi connectivity index (χ4v) is 3.33. The van der Waals surface area contributed by atoms with Crippen LogP contribution in [-0.4, -0.2) is 60.6 Å². The van der Waals surface area contributed by atoms with Crippen LogP contribution in [0.2, 0.25) is 0 Å². The monoisotopic (exact) mass is 387 g/mol. The summed E-state index contributed by atoms with van der Waals surface area (Å²) in [7, 11) is 1.18. The van der Waals surface area contributed by atoms with E-state index in [9.17, 15) is 19.2 Å². The van der Waals surface area contributed by atoms with Crippen LogP contribution in [0.4, 0.5) is 5.69 Å². The number of hydrazone groups is 1. The van der Waals surface area contributed by atoms with E-state index in [-0.39, 0.29) is 24.5 Å². The van der Waals surface area contributed by atoms with Crippen molar-refractivity contribution in [2.24, 2.45) is 11.0 Å². The smallest absolute Gasteiger partial charge is 0.355 e. The van der Waals surface area contributed by atoms with Crippen molar-refractivity contribution >= 4 is 35.0 Å². The molecule has 0 aliphatic carbocycles. The zero-order valence-electron chi connectivity index (χ0n) is 15.9. The van der Waals surface area contributed by atoms with Crippen LogP contribution in [0.3, 0.4) is 0 Å². The number of hydrogen-bond acceptors (Lipinski definition) is 8. The number of Topliss-reactive ketones (excluding diaryl/α,β-unsaturated/α-hetero) is 1. The van der Waals surface area contributed by atoms with Crippen LogP contribution < -0.4 is 9.64 Å². The fourth-order valence-electron chi connectivity index (χ4n) is 3.33. The van der Waals surface area contributed by atoms with E-state index >= 15 is 0 Å². The van der Waals surface area contributed by atoms with Crippen molar-refractivity contribution in [1.29, 1.82) is 0 Å². The molecule has 1 saturated heterocycles. The Balaban J connectivity index is 1.93. The van der Waals surface area contributed by atoms with Gasteiger partial charge in [0.05, 0.1) is 19.4 Å². The van der Waals surface area contributed by atoms with Gasteiger partial charge in [0.15, 0.2) is 5.71 Å². The second-order valence-corrected chi connectivity index (χ2v) is 6.45. The fraction of sp³-hybridized carbons (Fsp3) is 0.421. The number of methoxy groups -OCH3 is 1. The van der Waals surface area contributed by atoms with Crippen LogP contribution in [-0.2, 0) is 23.9 Å². The lowest BCUT2D eigenvalue weighted by Crippen LogP contribution is -2.39. The van der Waals surface area contributed by atoms with Crippen molar-refractivity contribution in [2.45, 2.75) is 26.3 Å². The summed E-state index contributed by atoms with van der Waals surface area (Å²) in [5.41, 5.74) is 0.256. The number of amides is 2. The summed E-state index contributed by atoms with van der Waals surface area (Å²) in [6.45, 7) is 3.90. The molecule has 0 aromatic heterocycles. The Morgan fingerprint density at radius 1 is 1.14 bits per heavy atom. The Morgan fingerprint density at radius 3 is 2.39 bits per heavy atom. The van der Waals surface area contributed by atoms with E-state index in [2.05, 4.69) is 5.10 Å². The summed E-state index contributed by atoms with van der Waals surface area (Å²) in [5.74, 6) is -2.34. The van der Waals surface area contributed by atoms with Crippen molar-refractivity contribution in [3.05, 3.63) is 24.3 Å². The zero-order valence-corrected chi connectivity index (χ0v) is 15.9. The van der Waals surface area contributed by atoms with Gasteiger partial charge in [-0.15, -0.1) is 0 Å². The zero-order chi connectivity index (χ0) is 20.4. The number of fused-ring (bicyclic) bond motifs is 1. The molecular weight excluding hydrogens is 366 g/mol. The molecule has 0 unspecified atom stereocenters. The number of ether oxygens (including phenoxy) is 2. The highest BCUT2D eigenvalue weighted by Gasteiger charge is 2.58. The van der Waals surface area contributed by atoms with Crippen molar-refractivity contribution in [2.75, 3.05) is 25.2 Å². The quantitative estimate of drug-likeness (QED) is 0.502. The van der Waals surface area contributed by atoms with Gasteiger partial charge < -0.3 is 9.47 Å². The van der Waals surface area contributed by atoms with Gasteiger partial charge in [-0.2, -0.15) is 5.10 Å². The highest BCUT2D eigenvalue weighted by Crippen LogP contribution is 2.36. The molecular formula is C19H21N3O6. The third kappa shape index (κ3) is 3.35. The lowest BCUT2D eigenvalue weighted by molar-refractivity contribution is -0.133. The summed E-state index contributed by atoms with van der Waals surface area (Å²) in [6, 6.07) is 5.58. The number of hydrogen-bond donors (Lipinski definition) is 0. The molecule has 2 aliphatic heterocycles. The molecule has 1 aromatic carbocycles. The molecule has 3 rings (SSSR count). The molecule has 0 bridgehead atoms. The van der Waals surface area contributed by atoms with Gasteiger partial charge in [-0.05, 0) is 38.1 Å². The molecule has 1 fully saturated rings. The third-order valence-corrected chi connectivity index (χ3v) is 4.62. The number of nitrogens with zero attached hydrogens (tertiary/aromatic N) is 3. The Bertz CT molecular complexity index is 848. The third-order valence-electron chi connectivity index (χ3n) is 4.62. The van der Waals surface area contributed by atoms with Gasteiger partial charge in [0.1, 0.15) is 23.5 Å². The van der Waals surface area contributed by atoms with Crippen molar-refractivity contribution < 1.29 is 28.7 Å². The second kappa shape index (κ2) is 7.79. The minimum Gasteiger partial charge on any atom is -0.494 e. The number of benzene rings is 1. The number of imide groups is 1. The number of rotatable bonds is 7.